The second kappa shape index (κ2) is 8.62. The molecular formula is C31H18BrN3O5. The smallest absolute Gasteiger partial charge is 0.266 e. The molecule has 0 N–H and O–H groups in total. The highest BCUT2D eigenvalue weighted by atomic mass is 79.9. The number of nitrogens with zero attached hydrogens (tertiary/aromatic N) is 3. The molecule has 9 heteroatoms. The van der Waals surface area contributed by atoms with E-state index in [1.54, 1.807) is 36.4 Å². The maximum atomic E-state index is 13.6. The number of hydrogen-bond donors (Lipinski definition) is 0. The summed E-state index contributed by atoms with van der Waals surface area (Å²) in [6, 6.07) is 14.8. The van der Waals surface area contributed by atoms with Gasteiger partial charge in [0, 0.05) is 22.6 Å². The number of anilines is 1. The minimum Gasteiger partial charge on any atom is -0.298 e. The van der Waals surface area contributed by atoms with Crippen LogP contribution in [0.15, 0.2) is 82.1 Å². The molecule has 0 atom stereocenters. The third-order valence-electron chi connectivity index (χ3n) is 7.66. The van der Waals surface area contributed by atoms with Crippen LogP contribution in [-0.2, 0) is 7.05 Å². The average molecular weight is 592 g/mol. The fourth-order valence-electron chi connectivity index (χ4n) is 5.62. The van der Waals surface area contributed by atoms with Gasteiger partial charge in [-0.3, -0.25) is 28.5 Å². The summed E-state index contributed by atoms with van der Waals surface area (Å²) in [6.45, 7) is 0. The highest BCUT2D eigenvalue weighted by Gasteiger charge is 2.46. The van der Waals surface area contributed by atoms with Gasteiger partial charge in [0.25, 0.3) is 17.4 Å². The molecule has 0 saturated carbocycles. The first-order chi connectivity index (χ1) is 19.2. The molecule has 2 heterocycles. The number of halogens is 1. The topological polar surface area (TPSA) is 106 Å². The number of benzene rings is 3. The SMILES string of the molecule is Cn1c(C2C(=O)c3cc4c(cc3C2=O)C(=O)N(c2cccc(C3=CC=CC3)c2)C4=O)nc2ccc(Br)cc2c1=O. The highest BCUT2D eigenvalue weighted by molar-refractivity contribution is 9.10. The molecule has 0 radical (unpaired) electrons. The van der Waals surface area contributed by atoms with Crippen molar-refractivity contribution in [2.24, 2.45) is 7.05 Å². The molecule has 4 aromatic rings. The van der Waals surface area contributed by atoms with Gasteiger partial charge in [0.15, 0.2) is 11.6 Å². The van der Waals surface area contributed by atoms with Crippen molar-refractivity contribution < 1.29 is 19.2 Å². The average Bonchev–Trinajstić information content (AvgIpc) is 3.64. The number of carbonyl (C=O) groups is 4. The number of allylic oxidation sites excluding steroid dienone is 4. The molecule has 0 bridgehead atoms. The summed E-state index contributed by atoms with van der Waals surface area (Å²) in [7, 11) is 1.46. The van der Waals surface area contributed by atoms with Crippen molar-refractivity contribution in [1.29, 1.82) is 0 Å². The normalized spacial score (nSPS) is 16.4. The zero-order valence-electron chi connectivity index (χ0n) is 21.0. The number of fused-ring (bicyclic) bond motifs is 3. The summed E-state index contributed by atoms with van der Waals surface area (Å²) in [6.07, 6.45) is 6.73. The number of ketones is 2. The van der Waals surface area contributed by atoms with Gasteiger partial charge in [0.2, 0.25) is 0 Å². The van der Waals surface area contributed by atoms with E-state index in [0.717, 1.165) is 22.5 Å². The Morgan fingerprint density at radius 2 is 1.55 bits per heavy atom. The fraction of sp³-hybridized carbons (Fsp3) is 0.0968. The minimum absolute atomic E-state index is 0.0120. The van der Waals surface area contributed by atoms with Crippen LogP contribution < -0.4 is 10.5 Å². The number of carbonyl (C=O) groups excluding carboxylic acids is 4. The summed E-state index contributed by atoms with van der Waals surface area (Å²) in [4.78, 5) is 72.7. The first kappa shape index (κ1) is 24.3. The van der Waals surface area contributed by atoms with Crippen LogP contribution in [0, 0.1) is 0 Å². The second-order valence-electron chi connectivity index (χ2n) is 9.92. The number of aromatic nitrogens is 2. The van der Waals surface area contributed by atoms with E-state index in [0.29, 0.717) is 21.1 Å². The van der Waals surface area contributed by atoms with Gasteiger partial charge in [0.05, 0.1) is 27.7 Å². The van der Waals surface area contributed by atoms with Crippen LogP contribution in [0.1, 0.15) is 65.2 Å². The molecule has 0 unspecified atom stereocenters. The first-order valence-electron chi connectivity index (χ1n) is 12.5. The van der Waals surface area contributed by atoms with E-state index in [9.17, 15) is 24.0 Å². The molecule has 0 spiro atoms. The Labute approximate surface area is 235 Å². The van der Waals surface area contributed by atoms with Gasteiger partial charge in [-0.2, -0.15) is 0 Å². The molecule has 194 valence electrons. The second-order valence-corrected chi connectivity index (χ2v) is 10.8. The quantitative estimate of drug-likeness (QED) is 0.245. The van der Waals surface area contributed by atoms with Crippen molar-refractivity contribution >= 4 is 61.5 Å². The maximum Gasteiger partial charge on any atom is 0.266 e. The predicted molar refractivity (Wildman–Crippen MR) is 152 cm³/mol. The predicted octanol–water partition coefficient (Wildman–Crippen LogP) is 5.00. The minimum atomic E-state index is -1.35. The molecule has 7 rings (SSSR count). The summed E-state index contributed by atoms with van der Waals surface area (Å²) in [5.41, 5.74) is 2.54. The lowest BCUT2D eigenvalue weighted by Crippen LogP contribution is -2.29. The maximum absolute atomic E-state index is 13.6. The zero-order chi connectivity index (χ0) is 27.9. The Hall–Kier alpha value is -4.76. The molecule has 2 aliphatic carbocycles. The fourth-order valence-corrected chi connectivity index (χ4v) is 5.98. The van der Waals surface area contributed by atoms with E-state index >= 15 is 0 Å². The number of rotatable bonds is 3. The Morgan fingerprint density at radius 3 is 2.20 bits per heavy atom. The van der Waals surface area contributed by atoms with E-state index in [1.165, 1.54) is 23.7 Å². The molecule has 8 nitrogen and oxygen atoms in total. The van der Waals surface area contributed by atoms with Crippen molar-refractivity contribution in [1.82, 2.24) is 9.55 Å². The summed E-state index contributed by atoms with van der Waals surface area (Å²) < 4.78 is 1.90. The van der Waals surface area contributed by atoms with Crippen LogP contribution in [0.5, 0.6) is 0 Å². The van der Waals surface area contributed by atoms with E-state index in [4.69, 9.17) is 0 Å². The molecular weight excluding hydrogens is 574 g/mol. The highest BCUT2D eigenvalue weighted by Crippen LogP contribution is 2.39. The number of hydrogen-bond acceptors (Lipinski definition) is 6. The summed E-state index contributed by atoms with van der Waals surface area (Å²) >= 11 is 3.34. The first-order valence-corrected chi connectivity index (χ1v) is 13.3. The van der Waals surface area contributed by atoms with E-state index in [1.807, 2.05) is 24.3 Å². The van der Waals surface area contributed by atoms with Crippen LogP contribution in [0.2, 0.25) is 0 Å². The van der Waals surface area contributed by atoms with Gasteiger partial charge < -0.3 is 0 Å². The Balaban J connectivity index is 1.28. The lowest BCUT2D eigenvalue weighted by molar-refractivity contribution is 0.0880. The van der Waals surface area contributed by atoms with Crippen LogP contribution in [0.25, 0.3) is 16.5 Å². The Kier molecular flexibility index (Phi) is 5.24. The van der Waals surface area contributed by atoms with Gasteiger partial charge in [-0.1, -0.05) is 46.3 Å². The van der Waals surface area contributed by atoms with Crippen LogP contribution in [0.4, 0.5) is 5.69 Å². The molecule has 3 aromatic carbocycles. The Morgan fingerprint density at radius 1 is 0.850 bits per heavy atom. The largest absolute Gasteiger partial charge is 0.298 e. The van der Waals surface area contributed by atoms with Crippen molar-refractivity contribution in [2.75, 3.05) is 4.90 Å². The van der Waals surface area contributed by atoms with Crippen LogP contribution in [-0.4, -0.2) is 32.9 Å². The van der Waals surface area contributed by atoms with Gasteiger partial charge in [-0.15, -0.1) is 0 Å². The lowest BCUT2D eigenvalue weighted by atomic mass is 10.0. The van der Waals surface area contributed by atoms with Gasteiger partial charge >= 0.3 is 0 Å². The molecule has 40 heavy (non-hydrogen) atoms. The standard InChI is InChI=1S/C31H18BrN3O5/c1-34-28(33-24-10-9-17(32)12-23(24)29(34)38)25-26(36)19-13-21-22(14-20(19)27(25)37)31(40)35(30(21)39)18-8-4-7-16(11-18)15-5-2-3-6-15/h2-5,7-14,25H,6H2,1H3. The monoisotopic (exact) mass is 591 g/mol. The number of amides is 2. The van der Waals surface area contributed by atoms with Gasteiger partial charge in [0.1, 0.15) is 11.7 Å². The van der Waals surface area contributed by atoms with Crippen molar-refractivity contribution in [3.63, 3.8) is 0 Å². The van der Waals surface area contributed by atoms with Gasteiger partial charge in [-0.25, -0.2) is 9.88 Å². The molecule has 1 aliphatic heterocycles. The molecule has 0 fully saturated rings. The van der Waals surface area contributed by atoms with Gasteiger partial charge in [-0.05, 0) is 60.0 Å². The molecule has 0 saturated heterocycles. The Bertz CT molecular complexity index is 1960. The number of Topliss-reactive ketones (excluding diaryl/α,β-unsaturated/α-hetero) is 2. The van der Waals surface area contributed by atoms with Crippen LogP contribution >= 0.6 is 15.9 Å². The molecule has 1 aromatic heterocycles. The molecule has 3 aliphatic rings. The third-order valence-corrected chi connectivity index (χ3v) is 8.15. The number of imide groups is 1. The van der Waals surface area contributed by atoms with Crippen molar-refractivity contribution in [3.05, 3.63) is 121 Å². The molecule has 2 amide bonds. The lowest BCUT2D eigenvalue weighted by Gasteiger charge is -2.15. The van der Waals surface area contributed by atoms with E-state index < -0.39 is 34.9 Å². The summed E-state index contributed by atoms with van der Waals surface area (Å²) in [5.74, 6) is -3.60. The van der Waals surface area contributed by atoms with Crippen LogP contribution in [0.3, 0.4) is 0 Å². The van der Waals surface area contributed by atoms with E-state index in [-0.39, 0.29) is 28.1 Å². The zero-order valence-corrected chi connectivity index (χ0v) is 22.6. The third kappa shape index (κ3) is 3.37. The summed E-state index contributed by atoms with van der Waals surface area (Å²) in [5, 5.41) is 0.343. The van der Waals surface area contributed by atoms with E-state index in [2.05, 4.69) is 20.9 Å². The van der Waals surface area contributed by atoms with Crippen molar-refractivity contribution in [3.8, 4) is 0 Å². The van der Waals surface area contributed by atoms with Crippen molar-refractivity contribution in [2.45, 2.75) is 12.3 Å².